The van der Waals surface area contributed by atoms with Crippen molar-refractivity contribution in [3.63, 3.8) is 0 Å². The van der Waals surface area contributed by atoms with Gasteiger partial charge in [-0.3, -0.25) is 14.9 Å². The molecule has 10 nitrogen and oxygen atoms in total. The van der Waals surface area contributed by atoms with E-state index in [2.05, 4.69) is 5.32 Å². The maximum Gasteiger partial charge on any atom is 0.335 e. The molecule has 1 aliphatic rings. The number of ether oxygens (including phenoxy) is 1. The lowest BCUT2D eigenvalue weighted by atomic mass is 10.1. The van der Waals surface area contributed by atoms with Crippen LogP contribution in [0.15, 0.2) is 75.5 Å². The van der Waals surface area contributed by atoms with Crippen molar-refractivity contribution in [2.75, 3.05) is 11.5 Å². The Bertz CT molecular complexity index is 1410. The molecule has 0 unspecified atom stereocenters. The molecule has 174 valence electrons. The molecule has 3 aromatic rings. The summed E-state index contributed by atoms with van der Waals surface area (Å²) in [5.74, 6) is -0.537. The van der Waals surface area contributed by atoms with Crippen molar-refractivity contribution in [3.8, 4) is 17.1 Å². The number of barbiturate groups is 1. The molecular weight excluding hydrogens is 462 g/mol. The molecular formula is C23H19N3O7S. The van der Waals surface area contributed by atoms with Gasteiger partial charge in [0.1, 0.15) is 22.8 Å². The van der Waals surface area contributed by atoms with E-state index in [0.717, 1.165) is 4.90 Å². The monoisotopic (exact) mass is 481 g/mol. The van der Waals surface area contributed by atoms with Gasteiger partial charge in [-0.05, 0) is 73.7 Å². The van der Waals surface area contributed by atoms with Gasteiger partial charge in [0.05, 0.1) is 17.2 Å². The van der Waals surface area contributed by atoms with Crippen LogP contribution in [-0.2, 0) is 19.6 Å². The van der Waals surface area contributed by atoms with Gasteiger partial charge >= 0.3 is 6.03 Å². The normalized spacial score (nSPS) is 15.5. The predicted molar refractivity (Wildman–Crippen MR) is 122 cm³/mol. The molecule has 3 N–H and O–H groups in total. The number of sulfonamides is 1. The summed E-state index contributed by atoms with van der Waals surface area (Å²) in [5.41, 5.74) is 0.529. The van der Waals surface area contributed by atoms with Gasteiger partial charge in [-0.15, -0.1) is 0 Å². The molecule has 4 amide bonds. The van der Waals surface area contributed by atoms with Gasteiger partial charge < -0.3 is 9.15 Å². The van der Waals surface area contributed by atoms with Gasteiger partial charge in [0.15, 0.2) is 0 Å². The largest absolute Gasteiger partial charge is 0.494 e. The number of primary sulfonamides is 1. The average molecular weight is 481 g/mol. The van der Waals surface area contributed by atoms with Gasteiger partial charge in [0, 0.05) is 5.56 Å². The molecule has 0 aliphatic carbocycles. The number of rotatable bonds is 6. The van der Waals surface area contributed by atoms with Crippen LogP contribution in [0.4, 0.5) is 10.5 Å². The summed E-state index contributed by atoms with van der Waals surface area (Å²) in [6, 6.07) is 14.3. The molecule has 1 aromatic heterocycles. The Labute approximate surface area is 194 Å². The zero-order valence-corrected chi connectivity index (χ0v) is 18.7. The Hall–Kier alpha value is -4.22. The standard InChI is InChI=1S/C23H19N3O7S/c1-2-32-16-7-5-15(6-8-16)26-22(28)19(21(27)25-23(26)29)13-17-9-12-20(33-17)14-3-10-18(11-4-14)34(24,30)31/h3-13H,2H2,1H3,(H2,24,30,31)(H,25,27,29)/b19-13-. The van der Waals surface area contributed by atoms with Crippen molar-refractivity contribution < 1.29 is 32.0 Å². The topological polar surface area (TPSA) is 149 Å². The van der Waals surface area contributed by atoms with Gasteiger partial charge in [-0.2, -0.15) is 0 Å². The molecule has 0 radical (unpaired) electrons. The third-order valence-corrected chi connectivity index (χ3v) is 5.82. The van der Waals surface area contributed by atoms with Crippen LogP contribution in [0.5, 0.6) is 5.75 Å². The summed E-state index contributed by atoms with van der Waals surface area (Å²) >= 11 is 0. The second-order valence-corrected chi connectivity index (χ2v) is 8.72. The third-order valence-electron chi connectivity index (χ3n) is 4.89. The maximum atomic E-state index is 13.0. The van der Waals surface area contributed by atoms with E-state index >= 15 is 0 Å². The molecule has 0 spiro atoms. The molecule has 4 rings (SSSR count). The highest BCUT2D eigenvalue weighted by Gasteiger charge is 2.37. The summed E-state index contributed by atoms with van der Waals surface area (Å²) < 4.78 is 33.9. The first-order valence-corrected chi connectivity index (χ1v) is 11.6. The van der Waals surface area contributed by atoms with Crippen LogP contribution >= 0.6 is 0 Å². The molecule has 1 aliphatic heterocycles. The van der Waals surface area contributed by atoms with E-state index in [4.69, 9.17) is 14.3 Å². The van der Waals surface area contributed by atoms with Crippen LogP contribution in [-0.4, -0.2) is 32.9 Å². The number of amides is 4. The first kappa shape index (κ1) is 23.0. The van der Waals surface area contributed by atoms with E-state index < -0.39 is 27.9 Å². The number of carbonyl (C=O) groups excluding carboxylic acids is 3. The summed E-state index contributed by atoms with van der Waals surface area (Å²) in [4.78, 5) is 38.5. The second kappa shape index (κ2) is 8.96. The van der Waals surface area contributed by atoms with Crippen LogP contribution in [0.25, 0.3) is 17.4 Å². The number of anilines is 1. The number of nitrogens with two attached hydrogens (primary N) is 1. The van der Waals surface area contributed by atoms with Crippen LogP contribution in [0.3, 0.4) is 0 Å². The Morgan fingerprint density at radius 2 is 1.68 bits per heavy atom. The predicted octanol–water partition coefficient (Wildman–Crippen LogP) is 2.66. The smallest absolute Gasteiger partial charge is 0.335 e. The molecule has 34 heavy (non-hydrogen) atoms. The van der Waals surface area contributed by atoms with Crippen molar-refractivity contribution >= 4 is 39.6 Å². The van der Waals surface area contributed by atoms with E-state index in [9.17, 15) is 22.8 Å². The first-order chi connectivity index (χ1) is 16.2. The summed E-state index contributed by atoms with van der Waals surface area (Å²) in [6.45, 7) is 2.29. The van der Waals surface area contributed by atoms with Crippen molar-refractivity contribution in [3.05, 3.63) is 72.0 Å². The number of furan rings is 1. The molecule has 11 heteroatoms. The number of urea groups is 1. The molecule has 0 bridgehead atoms. The number of nitrogens with zero attached hydrogens (tertiary/aromatic N) is 1. The van der Waals surface area contributed by atoms with Gasteiger partial charge in [0.25, 0.3) is 11.8 Å². The Morgan fingerprint density at radius 3 is 2.29 bits per heavy atom. The highest BCUT2D eigenvalue weighted by Crippen LogP contribution is 2.27. The number of nitrogens with one attached hydrogen (secondary N) is 1. The highest BCUT2D eigenvalue weighted by atomic mass is 32.2. The number of imide groups is 2. The number of benzene rings is 2. The lowest BCUT2D eigenvalue weighted by Gasteiger charge is -2.26. The lowest BCUT2D eigenvalue weighted by Crippen LogP contribution is -2.54. The fourth-order valence-electron chi connectivity index (χ4n) is 3.29. The number of carbonyl (C=O) groups is 3. The van der Waals surface area contributed by atoms with E-state index in [0.29, 0.717) is 23.7 Å². The zero-order chi connectivity index (χ0) is 24.5. The molecule has 2 aromatic carbocycles. The highest BCUT2D eigenvalue weighted by molar-refractivity contribution is 7.89. The summed E-state index contributed by atoms with van der Waals surface area (Å²) in [6.07, 6.45) is 1.23. The zero-order valence-electron chi connectivity index (χ0n) is 17.8. The van der Waals surface area contributed by atoms with E-state index in [1.165, 1.54) is 48.5 Å². The number of hydrogen-bond acceptors (Lipinski definition) is 7. The van der Waals surface area contributed by atoms with E-state index in [-0.39, 0.29) is 21.9 Å². The van der Waals surface area contributed by atoms with E-state index in [1.54, 1.807) is 18.2 Å². The van der Waals surface area contributed by atoms with Crippen LogP contribution in [0, 0.1) is 0 Å². The first-order valence-electron chi connectivity index (χ1n) is 10.0. The van der Waals surface area contributed by atoms with Crippen molar-refractivity contribution in [1.82, 2.24) is 5.32 Å². The quantitative estimate of drug-likeness (QED) is 0.406. The molecule has 0 saturated carbocycles. The maximum absolute atomic E-state index is 13.0. The third kappa shape index (κ3) is 4.60. The molecule has 1 fully saturated rings. The van der Waals surface area contributed by atoms with Crippen LogP contribution < -0.4 is 20.1 Å². The Kier molecular flexibility index (Phi) is 6.05. The minimum Gasteiger partial charge on any atom is -0.494 e. The minimum atomic E-state index is -3.83. The van der Waals surface area contributed by atoms with Crippen molar-refractivity contribution in [2.45, 2.75) is 11.8 Å². The fraction of sp³-hybridized carbons (Fsp3) is 0.0870. The molecule has 2 heterocycles. The van der Waals surface area contributed by atoms with Crippen molar-refractivity contribution in [1.29, 1.82) is 0 Å². The average Bonchev–Trinajstić information content (AvgIpc) is 3.26. The lowest BCUT2D eigenvalue weighted by molar-refractivity contribution is -0.122. The number of hydrogen-bond donors (Lipinski definition) is 2. The second-order valence-electron chi connectivity index (χ2n) is 7.16. The van der Waals surface area contributed by atoms with Crippen LogP contribution in [0.1, 0.15) is 12.7 Å². The fourth-order valence-corrected chi connectivity index (χ4v) is 3.80. The Balaban J connectivity index is 1.61. The SMILES string of the molecule is CCOc1ccc(N2C(=O)NC(=O)/C(=C/c3ccc(-c4ccc(S(N)(=O)=O)cc4)o3)C2=O)cc1. The van der Waals surface area contributed by atoms with Gasteiger partial charge in [-0.1, -0.05) is 0 Å². The Morgan fingerprint density at radius 1 is 1.00 bits per heavy atom. The molecule has 0 atom stereocenters. The minimum absolute atomic E-state index is 0.0475. The van der Waals surface area contributed by atoms with Crippen LogP contribution in [0.2, 0.25) is 0 Å². The van der Waals surface area contributed by atoms with Gasteiger partial charge in [-0.25, -0.2) is 23.3 Å². The molecule has 1 saturated heterocycles. The van der Waals surface area contributed by atoms with E-state index in [1.807, 2.05) is 6.92 Å². The van der Waals surface area contributed by atoms with Gasteiger partial charge in [0.2, 0.25) is 10.0 Å². The van der Waals surface area contributed by atoms with Crippen molar-refractivity contribution in [2.24, 2.45) is 5.14 Å². The summed E-state index contributed by atoms with van der Waals surface area (Å²) in [5, 5.41) is 7.25. The summed E-state index contributed by atoms with van der Waals surface area (Å²) in [7, 11) is -3.83.